The summed E-state index contributed by atoms with van der Waals surface area (Å²) in [5.41, 5.74) is 0. The number of carboxylic acids is 2. The van der Waals surface area contributed by atoms with Crippen LogP contribution in [0.2, 0.25) is 0 Å². The highest BCUT2D eigenvalue weighted by atomic mass is 16.4. The second kappa shape index (κ2) is 10.7. The van der Waals surface area contributed by atoms with Crippen LogP contribution in [0.15, 0.2) is 49.6 Å². The number of aliphatic carboxylic acids is 2. The van der Waals surface area contributed by atoms with Gasteiger partial charge in [0.15, 0.2) is 0 Å². The van der Waals surface area contributed by atoms with E-state index < -0.39 is 11.9 Å². The molecule has 1 rings (SSSR count). The van der Waals surface area contributed by atoms with Crippen molar-refractivity contribution in [1.29, 1.82) is 0 Å². The average molecular weight is 254 g/mol. The number of carbonyl (C=O) groups is 2. The molecule has 98 valence electrons. The third-order valence-corrected chi connectivity index (χ3v) is 1.18. The summed E-state index contributed by atoms with van der Waals surface area (Å²) in [5, 5.41) is 32.5. The van der Waals surface area contributed by atoms with Gasteiger partial charge in [0.05, 0.1) is 0 Å². The first kappa shape index (κ1) is 17.6. The zero-order valence-corrected chi connectivity index (χ0v) is 9.48. The van der Waals surface area contributed by atoms with Crippen molar-refractivity contribution in [2.24, 2.45) is 0 Å². The van der Waals surface area contributed by atoms with Gasteiger partial charge in [0, 0.05) is 18.2 Å². The van der Waals surface area contributed by atoms with Crippen molar-refractivity contribution in [3.05, 3.63) is 49.6 Å². The summed E-state index contributed by atoms with van der Waals surface area (Å²) in [6.45, 7) is 5.92. The van der Waals surface area contributed by atoms with Gasteiger partial charge in [-0.2, -0.15) is 0 Å². The molecule has 0 aliphatic rings. The van der Waals surface area contributed by atoms with E-state index in [1.54, 1.807) is 6.07 Å². The van der Waals surface area contributed by atoms with E-state index in [0.29, 0.717) is 0 Å². The van der Waals surface area contributed by atoms with Gasteiger partial charge in [-0.05, 0) is 12.1 Å². The molecule has 0 atom stereocenters. The molecule has 0 fully saturated rings. The van der Waals surface area contributed by atoms with Crippen molar-refractivity contribution < 1.29 is 30.0 Å². The number of benzene rings is 1. The fourth-order valence-electron chi connectivity index (χ4n) is 0.493. The Bertz CT molecular complexity index is 376. The molecular formula is C12H14O6. The number of phenols is 2. The molecule has 0 aliphatic carbocycles. The lowest BCUT2D eigenvalue weighted by molar-refractivity contribution is -0.132. The van der Waals surface area contributed by atoms with E-state index in [1.165, 1.54) is 18.2 Å². The summed E-state index contributed by atoms with van der Waals surface area (Å²) in [7, 11) is 0. The van der Waals surface area contributed by atoms with Gasteiger partial charge < -0.3 is 20.4 Å². The van der Waals surface area contributed by atoms with Crippen molar-refractivity contribution in [3.8, 4) is 11.5 Å². The molecule has 6 heteroatoms. The van der Waals surface area contributed by atoms with Gasteiger partial charge in [-0.1, -0.05) is 19.2 Å². The molecule has 0 unspecified atom stereocenters. The minimum atomic E-state index is -0.981. The Morgan fingerprint density at radius 3 is 1.33 bits per heavy atom. The van der Waals surface area contributed by atoms with E-state index >= 15 is 0 Å². The highest BCUT2D eigenvalue weighted by molar-refractivity contribution is 5.79. The molecule has 4 N–H and O–H groups in total. The fraction of sp³-hybridized carbons (Fsp3) is 0. The van der Waals surface area contributed by atoms with Gasteiger partial charge in [0.25, 0.3) is 0 Å². The van der Waals surface area contributed by atoms with Crippen LogP contribution in [0, 0.1) is 0 Å². The SMILES string of the molecule is C=CC(=O)O.C=CC(=O)O.Oc1cccc(O)c1. The molecule has 0 aromatic heterocycles. The summed E-state index contributed by atoms with van der Waals surface area (Å²) in [6.07, 6.45) is 1.67. The van der Waals surface area contributed by atoms with Gasteiger partial charge in [-0.3, -0.25) is 0 Å². The van der Waals surface area contributed by atoms with Gasteiger partial charge in [0.2, 0.25) is 0 Å². The number of hydrogen-bond donors (Lipinski definition) is 4. The summed E-state index contributed by atoms with van der Waals surface area (Å²) in [6, 6.07) is 5.85. The molecule has 0 bridgehead atoms. The largest absolute Gasteiger partial charge is 0.508 e. The molecule has 1 aromatic rings. The minimum Gasteiger partial charge on any atom is -0.508 e. The summed E-state index contributed by atoms with van der Waals surface area (Å²) in [4.78, 5) is 18.5. The van der Waals surface area contributed by atoms with Crippen LogP contribution >= 0.6 is 0 Å². The molecule has 0 saturated carbocycles. The highest BCUT2D eigenvalue weighted by Crippen LogP contribution is 2.14. The predicted octanol–water partition coefficient (Wildman–Crippen LogP) is 1.61. The normalized spacial score (nSPS) is 7.56. The minimum absolute atomic E-state index is 0.0880. The van der Waals surface area contributed by atoms with Gasteiger partial charge >= 0.3 is 11.9 Å². The maximum absolute atomic E-state index is 9.25. The molecule has 0 radical (unpaired) electrons. The van der Waals surface area contributed by atoms with Gasteiger partial charge in [0.1, 0.15) is 11.5 Å². The molecule has 0 spiro atoms. The Hall–Kier alpha value is -2.76. The van der Waals surface area contributed by atoms with E-state index in [2.05, 4.69) is 13.2 Å². The summed E-state index contributed by atoms with van der Waals surface area (Å²) < 4.78 is 0. The van der Waals surface area contributed by atoms with E-state index in [9.17, 15) is 9.59 Å². The van der Waals surface area contributed by atoms with Gasteiger partial charge in [-0.25, -0.2) is 9.59 Å². The number of hydrogen-bond acceptors (Lipinski definition) is 4. The van der Waals surface area contributed by atoms with Crippen LogP contribution in [0.25, 0.3) is 0 Å². The first-order valence-electron chi connectivity index (χ1n) is 4.52. The Morgan fingerprint density at radius 2 is 1.22 bits per heavy atom. The lowest BCUT2D eigenvalue weighted by atomic mass is 10.3. The van der Waals surface area contributed by atoms with Crippen LogP contribution in [0.5, 0.6) is 11.5 Å². The average Bonchev–Trinajstić information content (AvgIpc) is 2.30. The molecule has 0 saturated heterocycles. The Kier molecular flexibility index (Phi) is 10.5. The van der Waals surface area contributed by atoms with Gasteiger partial charge in [-0.15, -0.1) is 0 Å². The van der Waals surface area contributed by atoms with Crippen molar-refractivity contribution in [3.63, 3.8) is 0 Å². The van der Waals surface area contributed by atoms with E-state index in [0.717, 1.165) is 12.2 Å². The van der Waals surface area contributed by atoms with Crippen LogP contribution in [0.3, 0.4) is 0 Å². The number of phenolic OH excluding ortho intramolecular Hbond substituents is 2. The maximum atomic E-state index is 9.25. The van der Waals surface area contributed by atoms with Crippen molar-refractivity contribution in [1.82, 2.24) is 0 Å². The second-order valence-electron chi connectivity index (χ2n) is 2.60. The highest BCUT2D eigenvalue weighted by Gasteiger charge is 1.85. The number of rotatable bonds is 2. The Morgan fingerprint density at radius 1 is 0.944 bits per heavy atom. The summed E-state index contributed by atoms with van der Waals surface area (Å²) >= 11 is 0. The van der Waals surface area contributed by atoms with Crippen LogP contribution in [0.1, 0.15) is 0 Å². The fourth-order valence-corrected chi connectivity index (χ4v) is 0.493. The van der Waals surface area contributed by atoms with Crippen molar-refractivity contribution in [2.45, 2.75) is 0 Å². The number of carboxylic acid groups (broad SMARTS) is 2. The zero-order chi connectivity index (χ0) is 14.6. The molecule has 6 nitrogen and oxygen atoms in total. The monoisotopic (exact) mass is 254 g/mol. The molecule has 18 heavy (non-hydrogen) atoms. The zero-order valence-electron chi connectivity index (χ0n) is 9.48. The maximum Gasteiger partial charge on any atom is 0.327 e. The Labute approximate surface area is 104 Å². The third kappa shape index (κ3) is 15.7. The molecular weight excluding hydrogens is 240 g/mol. The van der Waals surface area contributed by atoms with Crippen LogP contribution in [0.4, 0.5) is 0 Å². The Balaban J connectivity index is 0. The van der Waals surface area contributed by atoms with Crippen LogP contribution < -0.4 is 0 Å². The predicted molar refractivity (Wildman–Crippen MR) is 65.4 cm³/mol. The van der Waals surface area contributed by atoms with E-state index in [1.807, 2.05) is 0 Å². The molecule has 0 heterocycles. The first-order valence-corrected chi connectivity index (χ1v) is 4.52. The number of aromatic hydroxyl groups is 2. The standard InChI is InChI=1S/C6H6O2.2C3H4O2/c7-5-2-1-3-6(8)4-5;2*1-2-3(4)5/h1-4,7-8H;2*2H,1H2,(H,4,5). The van der Waals surface area contributed by atoms with Crippen LogP contribution in [-0.2, 0) is 9.59 Å². The first-order chi connectivity index (χ1) is 8.33. The summed E-state index contributed by atoms with van der Waals surface area (Å²) in [5.74, 6) is -1.79. The molecule has 1 aromatic carbocycles. The third-order valence-electron chi connectivity index (χ3n) is 1.18. The lowest BCUT2D eigenvalue weighted by Gasteiger charge is -1.89. The molecule has 0 aliphatic heterocycles. The quantitative estimate of drug-likeness (QED) is 0.596. The van der Waals surface area contributed by atoms with Crippen molar-refractivity contribution in [2.75, 3.05) is 0 Å². The van der Waals surface area contributed by atoms with E-state index in [4.69, 9.17) is 20.4 Å². The molecule has 0 amide bonds. The van der Waals surface area contributed by atoms with Crippen molar-refractivity contribution >= 4 is 11.9 Å². The lowest BCUT2D eigenvalue weighted by Crippen LogP contribution is -1.82. The van der Waals surface area contributed by atoms with E-state index in [-0.39, 0.29) is 11.5 Å². The second-order valence-corrected chi connectivity index (χ2v) is 2.60. The topological polar surface area (TPSA) is 115 Å². The smallest absolute Gasteiger partial charge is 0.327 e. The van der Waals surface area contributed by atoms with Crippen LogP contribution in [-0.4, -0.2) is 32.4 Å².